The Morgan fingerprint density at radius 1 is 1.26 bits per heavy atom. The molecule has 1 aromatic heterocycles. The molecular formula is C19H21N5O3. The number of benzene rings is 2. The number of fused-ring (bicyclic) bond motifs is 1. The number of hydrogen-bond acceptors (Lipinski definition) is 5. The van der Waals surface area contributed by atoms with Crippen molar-refractivity contribution in [2.75, 3.05) is 32.1 Å². The number of hydrogen-bond donors (Lipinski definition) is 1. The van der Waals surface area contributed by atoms with Crippen molar-refractivity contribution >= 4 is 22.6 Å². The molecular weight excluding hydrogens is 346 g/mol. The van der Waals surface area contributed by atoms with Gasteiger partial charge in [-0.1, -0.05) is 23.4 Å². The van der Waals surface area contributed by atoms with Gasteiger partial charge in [0.1, 0.15) is 11.9 Å². The third kappa shape index (κ3) is 3.70. The number of carbonyl (C=O) groups excluding carboxylic acids is 1. The van der Waals surface area contributed by atoms with E-state index in [1.807, 2.05) is 24.3 Å². The Labute approximate surface area is 156 Å². The summed E-state index contributed by atoms with van der Waals surface area (Å²) in [4.78, 5) is 14.2. The number of methoxy groups -OCH3 is 1. The lowest BCUT2D eigenvalue weighted by atomic mass is 10.0. The Balaban J connectivity index is 1.48. The maximum atomic E-state index is 12.5. The molecule has 0 saturated carbocycles. The van der Waals surface area contributed by atoms with Crippen molar-refractivity contribution < 1.29 is 14.3 Å². The summed E-state index contributed by atoms with van der Waals surface area (Å²) in [6.45, 7) is 1.50. The van der Waals surface area contributed by atoms with Crippen LogP contribution in [0, 0.1) is 0 Å². The number of aromatic nitrogens is 3. The van der Waals surface area contributed by atoms with Crippen LogP contribution in [0.25, 0.3) is 10.8 Å². The van der Waals surface area contributed by atoms with E-state index in [-0.39, 0.29) is 12.1 Å². The lowest BCUT2D eigenvalue weighted by Crippen LogP contribution is -2.44. The highest BCUT2D eigenvalue weighted by Crippen LogP contribution is 2.28. The minimum atomic E-state index is -0.200. The molecule has 0 aliphatic carbocycles. The average Bonchev–Trinajstić information content (AvgIpc) is 3.11. The summed E-state index contributed by atoms with van der Waals surface area (Å²) in [5.74, 6) is 1.27. The van der Waals surface area contributed by atoms with E-state index in [2.05, 4.69) is 27.8 Å². The summed E-state index contributed by atoms with van der Waals surface area (Å²) < 4.78 is 12.7. The molecule has 1 atom stereocenters. The Bertz CT molecular complexity index is 971. The van der Waals surface area contributed by atoms with Gasteiger partial charge in [-0.2, -0.15) is 0 Å². The maximum absolute atomic E-state index is 12.5. The molecule has 0 unspecified atom stereocenters. The highest BCUT2D eigenvalue weighted by molar-refractivity contribution is 5.88. The van der Waals surface area contributed by atoms with Crippen molar-refractivity contribution in [2.45, 2.75) is 6.10 Å². The van der Waals surface area contributed by atoms with E-state index in [0.717, 1.165) is 22.1 Å². The van der Waals surface area contributed by atoms with Crippen molar-refractivity contribution in [1.29, 1.82) is 0 Å². The number of nitrogens with one attached hydrogen (secondary N) is 1. The van der Waals surface area contributed by atoms with Crippen LogP contribution >= 0.6 is 0 Å². The van der Waals surface area contributed by atoms with Gasteiger partial charge in [0.05, 0.1) is 26.5 Å². The van der Waals surface area contributed by atoms with E-state index in [1.54, 1.807) is 29.9 Å². The fraction of sp³-hybridized carbons (Fsp3) is 0.316. The molecule has 4 rings (SSSR count). The second-order valence-electron chi connectivity index (χ2n) is 6.49. The summed E-state index contributed by atoms with van der Waals surface area (Å²) in [7, 11) is 3.41. The molecule has 140 valence electrons. The molecule has 1 N–H and O–H groups in total. The topological polar surface area (TPSA) is 81.5 Å². The lowest BCUT2D eigenvalue weighted by molar-refractivity contribution is -0.0134. The first-order chi connectivity index (χ1) is 13.1. The van der Waals surface area contributed by atoms with Crippen molar-refractivity contribution in [3.8, 4) is 5.75 Å². The molecule has 3 aromatic rings. The summed E-state index contributed by atoms with van der Waals surface area (Å²) in [6.07, 6.45) is 1.49. The first kappa shape index (κ1) is 17.3. The van der Waals surface area contributed by atoms with Gasteiger partial charge < -0.3 is 14.4 Å². The number of rotatable bonds is 3. The van der Waals surface area contributed by atoms with Gasteiger partial charge in [0.15, 0.2) is 5.82 Å². The molecule has 8 nitrogen and oxygen atoms in total. The number of nitrogens with zero attached hydrogens (tertiary/aromatic N) is 4. The third-order valence-corrected chi connectivity index (χ3v) is 4.63. The molecule has 0 bridgehead atoms. The number of anilines is 1. The monoisotopic (exact) mass is 367 g/mol. The normalized spacial score (nSPS) is 17.1. The number of urea groups is 1. The Hall–Kier alpha value is -3.13. The van der Waals surface area contributed by atoms with Crippen LogP contribution in [0.15, 0.2) is 42.6 Å². The van der Waals surface area contributed by atoms with Crippen LogP contribution in [0.3, 0.4) is 0 Å². The van der Waals surface area contributed by atoms with Crippen LogP contribution in [-0.4, -0.2) is 52.7 Å². The standard InChI is InChI=1S/C19H21N5O3/c1-23-12-18(21-22-23)20-19(25)24-7-8-27-17(11-24)15-4-3-14-10-16(26-2)6-5-13(14)9-15/h3-6,9-10,12,17H,7-8,11H2,1-2H3,(H,20,25)/t17-/m0/s1. The second-order valence-corrected chi connectivity index (χ2v) is 6.49. The van der Waals surface area contributed by atoms with Crippen LogP contribution in [0.5, 0.6) is 5.75 Å². The van der Waals surface area contributed by atoms with Crippen LogP contribution in [0.2, 0.25) is 0 Å². The smallest absolute Gasteiger partial charge is 0.323 e. The summed E-state index contributed by atoms with van der Waals surface area (Å²) in [6, 6.07) is 12.0. The first-order valence-corrected chi connectivity index (χ1v) is 8.74. The molecule has 8 heteroatoms. The summed E-state index contributed by atoms with van der Waals surface area (Å²) in [5, 5.41) is 12.7. The molecule has 2 aromatic carbocycles. The zero-order valence-electron chi connectivity index (χ0n) is 15.3. The molecule has 1 aliphatic heterocycles. The molecule has 27 heavy (non-hydrogen) atoms. The zero-order valence-corrected chi connectivity index (χ0v) is 15.3. The predicted molar refractivity (Wildman–Crippen MR) is 101 cm³/mol. The number of ether oxygens (including phenoxy) is 2. The van der Waals surface area contributed by atoms with Gasteiger partial charge in [0, 0.05) is 13.6 Å². The Morgan fingerprint density at radius 2 is 2.07 bits per heavy atom. The summed E-state index contributed by atoms with van der Waals surface area (Å²) >= 11 is 0. The third-order valence-electron chi connectivity index (χ3n) is 4.63. The maximum Gasteiger partial charge on any atom is 0.323 e. The van der Waals surface area contributed by atoms with E-state index in [1.165, 1.54) is 0 Å². The first-order valence-electron chi connectivity index (χ1n) is 8.74. The lowest BCUT2D eigenvalue weighted by Gasteiger charge is -2.33. The highest BCUT2D eigenvalue weighted by atomic mass is 16.5. The van der Waals surface area contributed by atoms with Crippen LogP contribution in [-0.2, 0) is 11.8 Å². The molecule has 1 fully saturated rings. The molecule has 2 amide bonds. The van der Waals surface area contributed by atoms with Gasteiger partial charge in [0.25, 0.3) is 0 Å². The Morgan fingerprint density at radius 3 is 2.85 bits per heavy atom. The molecule has 2 heterocycles. The average molecular weight is 367 g/mol. The Kier molecular flexibility index (Phi) is 4.64. The molecule has 1 saturated heterocycles. The van der Waals surface area contributed by atoms with Crippen molar-refractivity contribution in [2.24, 2.45) is 7.05 Å². The number of aryl methyl sites for hydroxylation is 1. The second kappa shape index (κ2) is 7.24. The van der Waals surface area contributed by atoms with Crippen LogP contribution in [0.4, 0.5) is 10.6 Å². The highest BCUT2D eigenvalue weighted by Gasteiger charge is 2.26. The fourth-order valence-corrected chi connectivity index (χ4v) is 3.20. The van der Waals surface area contributed by atoms with Gasteiger partial charge in [-0.3, -0.25) is 10.00 Å². The van der Waals surface area contributed by atoms with Crippen molar-refractivity contribution in [3.05, 3.63) is 48.2 Å². The molecule has 1 aliphatic rings. The van der Waals surface area contributed by atoms with E-state index in [0.29, 0.717) is 25.5 Å². The van der Waals surface area contributed by atoms with Gasteiger partial charge >= 0.3 is 6.03 Å². The van der Waals surface area contributed by atoms with E-state index in [4.69, 9.17) is 9.47 Å². The SMILES string of the molecule is COc1ccc2cc([C@@H]3CN(C(=O)Nc4cn(C)nn4)CCO3)ccc2c1. The minimum absolute atomic E-state index is 0.169. The summed E-state index contributed by atoms with van der Waals surface area (Å²) in [5.41, 5.74) is 1.05. The van der Waals surface area contributed by atoms with Crippen molar-refractivity contribution in [1.82, 2.24) is 19.9 Å². The van der Waals surface area contributed by atoms with Gasteiger partial charge in [-0.25, -0.2) is 4.79 Å². The number of carbonyl (C=O) groups is 1. The van der Waals surface area contributed by atoms with Crippen LogP contribution < -0.4 is 10.1 Å². The fourth-order valence-electron chi connectivity index (χ4n) is 3.20. The van der Waals surface area contributed by atoms with E-state index < -0.39 is 0 Å². The number of morpholine rings is 1. The van der Waals surface area contributed by atoms with Crippen LogP contribution in [0.1, 0.15) is 11.7 Å². The minimum Gasteiger partial charge on any atom is -0.497 e. The van der Waals surface area contributed by atoms with Crippen molar-refractivity contribution in [3.63, 3.8) is 0 Å². The molecule has 0 spiro atoms. The van der Waals surface area contributed by atoms with Gasteiger partial charge in [-0.05, 0) is 34.5 Å². The molecule has 0 radical (unpaired) electrons. The largest absolute Gasteiger partial charge is 0.497 e. The van der Waals surface area contributed by atoms with Gasteiger partial charge in [0.2, 0.25) is 0 Å². The van der Waals surface area contributed by atoms with Gasteiger partial charge in [-0.15, -0.1) is 5.10 Å². The van der Waals surface area contributed by atoms with E-state index >= 15 is 0 Å². The zero-order chi connectivity index (χ0) is 18.8. The number of amides is 2. The predicted octanol–water partition coefficient (Wildman–Crippen LogP) is 2.58. The quantitative estimate of drug-likeness (QED) is 0.769. The van der Waals surface area contributed by atoms with E-state index in [9.17, 15) is 4.79 Å².